The van der Waals surface area contributed by atoms with E-state index in [4.69, 9.17) is 5.73 Å². The average molecular weight is 262 g/mol. The Labute approximate surface area is 116 Å². The minimum atomic E-state index is -0.0117. The van der Waals surface area contributed by atoms with Crippen LogP contribution in [0.1, 0.15) is 44.2 Å². The van der Waals surface area contributed by atoms with E-state index in [0.717, 1.165) is 24.8 Å². The van der Waals surface area contributed by atoms with Crippen molar-refractivity contribution in [1.82, 2.24) is 4.90 Å². The van der Waals surface area contributed by atoms with Crippen molar-refractivity contribution >= 4 is 5.91 Å². The van der Waals surface area contributed by atoms with E-state index >= 15 is 0 Å². The molecule has 0 aliphatic rings. The highest BCUT2D eigenvalue weighted by molar-refractivity contribution is 5.76. The molecule has 1 amide bonds. The molecule has 0 saturated heterocycles. The second-order valence-electron chi connectivity index (χ2n) is 5.17. The molecule has 1 aromatic carbocycles. The van der Waals surface area contributed by atoms with Crippen LogP contribution in [0.15, 0.2) is 24.3 Å². The predicted molar refractivity (Wildman–Crippen MR) is 79.8 cm³/mol. The zero-order valence-electron chi connectivity index (χ0n) is 12.4. The first-order valence-corrected chi connectivity index (χ1v) is 7.14. The van der Waals surface area contributed by atoms with Gasteiger partial charge in [-0.1, -0.05) is 44.5 Å². The Morgan fingerprint density at radius 2 is 1.79 bits per heavy atom. The molecule has 0 bridgehead atoms. The smallest absolute Gasteiger partial charge is 0.224 e. The summed E-state index contributed by atoms with van der Waals surface area (Å²) in [6, 6.07) is 8.42. The first-order chi connectivity index (χ1) is 9.06. The van der Waals surface area contributed by atoms with Crippen molar-refractivity contribution in [1.29, 1.82) is 0 Å². The van der Waals surface area contributed by atoms with Crippen LogP contribution < -0.4 is 5.73 Å². The van der Waals surface area contributed by atoms with E-state index in [-0.39, 0.29) is 11.9 Å². The van der Waals surface area contributed by atoms with Crippen molar-refractivity contribution in [2.45, 2.75) is 52.1 Å². The molecule has 3 nitrogen and oxygen atoms in total. The summed E-state index contributed by atoms with van der Waals surface area (Å²) in [6.45, 7) is 4.88. The molecule has 0 radical (unpaired) electrons. The molecule has 0 aromatic heterocycles. The summed E-state index contributed by atoms with van der Waals surface area (Å²) in [6.07, 6.45) is 3.42. The van der Waals surface area contributed by atoms with Gasteiger partial charge in [0.25, 0.3) is 0 Å². The SMILES string of the molecule is CCCC(N)CC(=O)N(C)Cc1ccc(CC)cc1. The van der Waals surface area contributed by atoms with Gasteiger partial charge in [0, 0.05) is 26.1 Å². The number of nitrogens with two attached hydrogens (primary N) is 1. The van der Waals surface area contributed by atoms with E-state index in [0.29, 0.717) is 13.0 Å². The number of benzene rings is 1. The normalized spacial score (nSPS) is 12.2. The van der Waals surface area contributed by atoms with E-state index in [1.165, 1.54) is 5.56 Å². The fourth-order valence-corrected chi connectivity index (χ4v) is 2.10. The Bertz CT molecular complexity index is 386. The number of hydrogen-bond donors (Lipinski definition) is 1. The Morgan fingerprint density at radius 1 is 1.21 bits per heavy atom. The summed E-state index contributed by atoms with van der Waals surface area (Å²) in [5.74, 6) is 0.125. The van der Waals surface area contributed by atoms with Crippen LogP contribution in [-0.4, -0.2) is 23.9 Å². The maximum absolute atomic E-state index is 12.0. The van der Waals surface area contributed by atoms with Crippen LogP contribution in [0.3, 0.4) is 0 Å². The van der Waals surface area contributed by atoms with Crippen molar-refractivity contribution < 1.29 is 4.79 Å². The molecule has 0 aliphatic heterocycles. The van der Waals surface area contributed by atoms with E-state index in [9.17, 15) is 4.79 Å². The van der Waals surface area contributed by atoms with Gasteiger partial charge >= 0.3 is 0 Å². The molecule has 1 atom stereocenters. The molecule has 0 fully saturated rings. The van der Waals surface area contributed by atoms with Crippen molar-refractivity contribution in [2.24, 2.45) is 5.73 Å². The van der Waals surface area contributed by atoms with Crippen LogP contribution in [0.2, 0.25) is 0 Å². The second kappa shape index (κ2) is 7.95. The van der Waals surface area contributed by atoms with Crippen molar-refractivity contribution in [2.75, 3.05) is 7.05 Å². The van der Waals surface area contributed by atoms with Gasteiger partial charge in [-0.3, -0.25) is 4.79 Å². The highest BCUT2D eigenvalue weighted by Gasteiger charge is 2.13. The lowest BCUT2D eigenvalue weighted by molar-refractivity contribution is -0.130. The number of rotatable bonds is 7. The lowest BCUT2D eigenvalue weighted by atomic mass is 10.1. The quantitative estimate of drug-likeness (QED) is 0.821. The van der Waals surface area contributed by atoms with Gasteiger partial charge in [0.1, 0.15) is 0 Å². The lowest BCUT2D eigenvalue weighted by Gasteiger charge is -2.19. The Hall–Kier alpha value is -1.35. The molecule has 0 heterocycles. The summed E-state index contributed by atoms with van der Waals surface area (Å²) in [4.78, 5) is 13.8. The summed E-state index contributed by atoms with van der Waals surface area (Å²) in [5, 5.41) is 0. The number of nitrogens with zero attached hydrogens (tertiary/aromatic N) is 1. The summed E-state index contributed by atoms with van der Waals surface area (Å²) in [5.41, 5.74) is 8.39. The maximum Gasteiger partial charge on any atom is 0.224 e. The number of carbonyl (C=O) groups is 1. The Morgan fingerprint density at radius 3 is 2.32 bits per heavy atom. The number of carbonyl (C=O) groups excluding carboxylic acids is 1. The lowest BCUT2D eigenvalue weighted by Crippen LogP contribution is -2.32. The van der Waals surface area contributed by atoms with E-state index in [2.05, 4.69) is 38.1 Å². The zero-order valence-corrected chi connectivity index (χ0v) is 12.4. The maximum atomic E-state index is 12.0. The standard InChI is InChI=1S/C16H26N2O/c1-4-6-15(17)11-16(19)18(3)12-14-9-7-13(5-2)8-10-14/h7-10,15H,4-6,11-12,17H2,1-3H3. The van der Waals surface area contributed by atoms with Gasteiger partial charge in [-0.05, 0) is 24.0 Å². The molecule has 0 saturated carbocycles. The van der Waals surface area contributed by atoms with Crippen LogP contribution in [0.4, 0.5) is 0 Å². The highest BCUT2D eigenvalue weighted by Crippen LogP contribution is 2.09. The molecular weight excluding hydrogens is 236 g/mol. The highest BCUT2D eigenvalue weighted by atomic mass is 16.2. The van der Waals surface area contributed by atoms with Crippen molar-refractivity contribution in [3.63, 3.8) is 0 Å². The van der Waals surface area contributed by atoms with Gasteiger partial charge in [0.2, 0.25) is 5.91 Å². The zero-order chi connectivity index (χ0) is 14.3. The fourth-order valence-electron chi connectivity index (χ4n) is 2.10. The molecule has 0 aliphatic carbocycles. The first kappa shape index (κ1) is 15.7. The Kier molecular flexibility index (Phi) is 6.57. The topological polar surface area (TPSA) is 46.3 Å². The van der Waals surface area contributed by atoms with Crippen LogP contribution >= 0.6 is 0 Å². The molecule has 106 valence electrons. The number of aryl methyl sites for hydroxylation is 1. The van der Waals surface area contributed by atoms with Crippen LogP contribution in [0, 0.1) is 0 Å². The molecule has 1 aromatic rings. The summed E-state index contributed by atoms with van der Waals surface area (Å²) < 4.78 is 0. The molecular formula is C16H26N2O. The third-order valence-electron chi connectivity index (χ3n) is 3.37. The third-order valence-corrected chi connectivity index (χ3v) is 3.37. The average Bonchev–Trinajstić information content (AvgIpc) is 2.39. The van der Waals surface area contributed by atoms with Gasteiger partial charge in [0.15, 0.2) is 0 Å². The largest absolute Gasteiger partial charge is 0.341 e. The minimum absolute atomic E-state index is 0.0117. The van der Waals surface area contributed by atoms with Gasteiger partial charge in [-0.15, -0.1) is 0 Å². The van der Waals surface area contributed by atoms with Gasteiger partial charge in [-0.25, -0.2) is 0 Å². The molecule has 0 spiro atoms. The summed E-state index contributed by atoms with van der Waals surface area (Å²) >= 11 is 0. The van der Waals surface area contributed by atoms with Crippen molar-refractivity contribution in [3.05, 3.63) is 35.4 Å². The van der Waals surface area contributed by atoms with Crippen LogP contribution in [0.5, 0.6) is 0 Å². The number of amides is 1. The molecule has 3 heteroatoms. The van der Waals surface area contributed by atoms with Crippen LogP contribution in [-0.2, 0) is 17.8 Å². The number of hydrogen-bond acceptors (Lipinski definition) is 2. The van der Waals surface area contributed by atoms with Gasteiger partial charge in [-0.2, -0.15) is 0 Å². The first-order valence-electron chi connectivity index (χ1n) is 7.14. The van der Waals surface area contributed by atoms with E-state index in [1.807, 2.05) is 7.05 Å². The van der Waals surface area contributed by atoms with E-state index < -0.39 is 0 Å². The second-order valence-corrected chi connectivity index (χ2v) is 5.17. The molecule has 19 heavy (non-hydrogen) atoms. The van der Waals surface area contributed by atoms with Crippen molar-refractivity contribution in [3.8, 4) is 0 Å². The molecule has 2 N–H and O–H groups in total. The predicted octanol–water partition coefficient (Wildman–Crippen LogP) is 2.72. The minimum Gasteiger partial charge on any atom is -0.341 e. The Balaban J connectivity index is 2.48. The fraction of sp³-hybridized carbons (Fsp3) is 0.562. The van der Waals surface area contributed by atoms with Gasteiger partial charge in [0.05, 0.1) is 0 Å². The van der Waals surface area contributed by atoms with Crippen LogP contribution in [0.25, 0.3) is 0 Å². The van der Waals surface area contributed by atoms with E-state index in [1.54, 1.807) is 4.90 Å². The third kappa shape index (κ3) is 5.43. The monoisotopic (exact) mass is 262 g/mol. The molecule has 1 unspecified atom stereocenters. The summed E-state index contributed by atoms with van der Waals surface area (Å²) in [7, 11) is 1.84. The molecule has 1 rings (SSSR count). The van der Waals surface area contributed by atoms with Gasteiger partial charge < -0.3 is 10.6 Å².